The van der Waals surface area contributed by atoms with Crippen molar-refractivity contribution in [1.82, 2.24) is 4.98 Å². The first-order chi connectivity index (χ1) is 6.83. The first-order valence-electron chi connectivity index (χ1n) is 5.19. The molecule has 78 valence electrons. The Balaban J connectivity index is 2.18. The van der Waals surface area contributed by atoms with E-state index in [-0.39, 0.29) is 0 Å². The zero-order chi connectivity index (χ0) is 10.2. The highest BCUT2D eigenvalue weighted by molar-refractivity contribution is 5.36. The van der Waals surface area contributed by atoms with Gasteiger partial charge in [0.2, 0.25) is 0 Å². The average molecular weight is 193 g/mol. The maximum atomic E-state index is 5.41. The standard InChI is InChI=1S/C11H19N3/c1-10-5-8-14-11(9-10)13-7-4-2-3-6-12/h5,8-9H,2-4,6-7,12H2,1H3,(H,13,14). The molecule has 3 N–H and O–H groups in total. The molecule has 1 heterocycles. The monoisotopic (exact) mass is 193 g/mol. The Kier molecular flexibility index (Phi) is 5.00. The molecule has 0 radical (unpaired) electrons. The SMILES string of the molecule is Cc1ccnc(NCCCCCN)c1. The Hall–Kier alpha value is -1.09. The quantitative estimate of drug-likeness (QED) is 0.679. The summed E-state index contributed by atoms with van der Waals surface area (Å²) in [4.78, 5) is 4.22. The molecule has 0 aliphatic heterocycles. The molecule has 3 nitrogen and oxygen atoms in total. The molecule has 1 aromatic heterocycles. The van der Waals surface area contributed by atoms with Gasteiger partial charge in [-0.3, -0.25) is 0 Å². The number of rotatable bonds is 6. The molecule has 14 heavy (non-hydrogen) atoms. The van der Waals surface area contributed by atoms with Crippen LogP contribution in [-0.2, 0) is 0 Å². The number of hydrogen-bond donors (Lipinski definition) is 2. The fourth-order valence-corrected chi connectivity index (χ4v) is 1.30. The van der Waals surface area contributed by atoms with Crippen LogP contribution in [0.15, 0.2) is 18.3 Å². The van der Waals surface area contributed by atoms with Crippen LogP contribution in [-0.4, -0.2) is 18.1 Å². The summed E-state index contributed by atoms with van der Waals surface area (Å²) in [6.07, 6.45) is 5.29. The molecule has 0 aromatic carbocycles. The third-order valence-electron chi connectivity index (χ3n) is 2.10. The fourth-order valence-electron chi connectivity index (χ4n) is 1.30. The van der Waals surface area contributed by atoms with E-state index in [1.807, 2.05) is 12.3 Å². The van der Waals surface area contributed by atoms with Crippen molar-refractivity contribution in [3.8, 4) is 0 Å². The number of hydrogen-bond acceptors (Lipinski definition) is 3. The minimum atomic E-state index is 0.794. The summed E-state index contributed by atoms with van der Waals surface area (Å²) in [5.74, 6) is 0.970. The Labute approximate surface area is 85.7 Å². The van der Waals surface area contributed by atoms with Crippen molar-refractivity contribution in [3.05, 3.63) is 23.9 Å². The molecule has 0 amide bonds. The number of aryl methyl sites for hydroxylation is 1. The summed E-state index contributed by atoms with van der Waals surface area (Å²) >= 11 is 0. The second-order valence-electron chi connectivity index (χ2n) is 3.49. The molecule has 1 rings (SSSR count). The van der Waals surface area contributed by atoms with Gasteiger partial charge in [-0.05, 0) is 44.0 Å². The third kappa shape index (κ3) is 4.23. The van der Waals surface area contributed by atoms with Crippen LogP contribution in [0.4, 0.5) is 5.82 Å². The predicted octanol–water partition coefficient (Wildman–Crippen LogP) is 1.93. The molecule has 0 spiro atoms. The number of pyridine rings is 1. The Bertz CT molecular complexity index is 260. The van der Waals surface area contributed by atoms with Gasteiger partial charge in [0, 0.05) is 12.7 Å². The largest absolute Gasteiger partial charge is 0.370 e. The van der Waals surface area contributed by atoms with Crippen molar-refractivity contribution in [2.24, 2.45) is 5.73 Å². The summed E-state index contributed by atoms with van der Waals surface area (Å²) in [6, 6.07) is 4.06. The minimum absolute atomic E-state index is 0.794. The highest BCUT2D eigenvalue weighted by Crippen LogP contribution is 2.05. The molecule has 0 bridgehead atoms. The van der Waals surface area contributed by atoms with Crippen LogP contribution >= 0.6 is 0 Å². The summed E-state index contributed by atoms with van der Waals surface area (Å²) in [5, 5.41) is 3.29. The normalized spacial score (nSPS) is 10.1. The lowest BCUT2D eigenvalue weighted by molar-refractivity contribution is 0.706. The minimum Gasteiger partial charge on any atom is -0.370 e. The summed E-state index contributed by atoms with van der Waals surface area (Å²) in [6.45, 7) is 3.85. The number of anilines is 1. The zero-order valence-electron chi connectivity index (χ0n) is 8.79. The highest BCUT2D eigenvalue weighted by Gasteiger charge is 1.92. The fraction of sp³-hybridized carbons (Fsp3) is 0.545. The van der Waals surface area contributed by atoms with Crippen LogP contribution in [0.1, 0.15) is 24.8 Å². The smallest absolute Gasteiger partial charge is 0.126 e. The first-order valence-corrected chi connectivity index (χ1v) is 5.19. The number of nitrogens with two attached hydrogens (primary N) is 1. The lowest BCUT2D eigenvalue weighted by atomic mass is 10.2. The van der Waals surface area contributed by atoms with E-state index in [9.17, 15) is 0 Å². The van der Waals surface area contributed by atoms with E-state index in [0.717, 1.165) is 31.7 Å². The van der Waals surface area contributed by atoms with Crippen molar-refractivity contribution in [1.29, 1.82) is 0 Å². The molecule has 3 heteroatoms. The maximum absolute atomic E-state index is 5.41. The molecular formula is C11H19N3. The molecule has 0 saturated carbocycles. The van der Waals surface area contributed by atoms with Crippen molar-refractivity contribution in [2.45, 2.75) is 26.2 Å². The lowest BCUT2D eigenvalue weighted by Gasteiger charge is -2.05. The number of unbranched alkanes of at least 4 members (excludes halogenated alkanes) is 2. The van der Waals surface area contributed by atoms with Crippen molar-refractivity contribution in [2.75, 3.05) is 18.4 Å². The van der Waals surface area contributed by atoms with Gasteiger partial charge in [0.05, 0.1) is 0 Å². The van der Waals surface area contributed by atoms with Gasteiger partial charge < -0.3 is 11.1 Å². The van der Waals surface area contributed by atoms with E-state index in [1.54, 1.807) is 0 Å². The Morgan fingerprint density at radius 3 is 2.93 bits per heavy atom. The van der Waals surface area contributed by atoms with E-state index < -0.39 is 0 Å². The second-order valence-corrected chi connectivity index (χ2v) is 3.49. The van der Waals surface area contributed by atoms with Gasteiger partial charge in [0.1, 0.15) is 5.82 Å². The van der Waals surface area contributed by atoms with Crippen LogP contribution in [0.25, 0.3) is 0 Å². The summed E-state index contributed by atoms with van der Waals surface area (Å²) < 4.78 is 0. The van der Waals surface area contributed by atoms with Gasteiger partial charge in [0.25, 0.3) is 0 Å². The van der Waals surface area contributed by atoms with Gasteiger partial charge >= 0.3 is 0 Å². The molecule has 0 saturated heterocycles. The van der Waals surface area contributed by atoms with Crippen molar-refractivity contribution >= 4 is 5.82 Å². The molecule has 0 aliphatic rings. The third-order valence-corrected chi connectivity index (χ3v) is 2.10. The molecule has 0 aliphatic carbocycles. The molecule has 0 fully saturated rings. The van der Waals surface area contributed by atoms with E-state index >= 15 is 0 Å². The molecule has 0 unspecified atom stereocenters. The van der Waals surface area contributed by atoms with Gasteiger partial charge in [-0.15, -0.1) is 0 Å². The second kappa shape index (κ2) is 6.38. The van der Waals surface area contributed by atoms with Crippen molar-refractivity contribution < 1.29 is 0 Å². The van der Waals surface area contributed by atoms with Crippen LogP contribution < -0.4 is 11.1 Å². The van der Waals surface area contributed by atoms with Crippen LogP contribution in [0.2, 0.25) is 0 Å². The number of nitrogens with zero attached hydrogens (tertiary/aromatic N) is 1. The van der Waals surface area contributed by atoms with E-state index in [4.69, 9.17) is 5.73 Å². The lowest BCUT2D eigenvalue weighted by Crippen LogP contribution is -2.05. The summed E-state index contributed by atoms with van der Waals surface area (Å²) in [5.41, 5.74) is 6.65. The number of nitrogens with one attached hydrogen (secondary N) is 1. The summed E-state index contributed by atoms with van der Waals surface area (Å²) in [7, 11) is 0. The molecular weight excluding hydrogens is 174 g/mol. The Morgan fingerprint density at radius 2 is 2.21 bits per heavy atom. The van der Waals surface area contributed by atoms with Gasteiger partial charge in [-0.2, -0.15) is 0 Å². The average Bonchev–Trinajstić information content (AvgIpc) is 2.18. The molecule has 0 atom stereocenters. The highest BCUT2D eigenvalue weighted by atomic mass is 15.0. The van der Waals surface area contributed by atoms with Crippen LogP contribution in [0.5, 0.6) is 0 Å². The first kappa shape index (κ1) is 11.0. The van der Waals surface area contributed by atoms with Crippen LogP contribution in [0.3, 0.4) is 0 Å². The Morgan fingerprint density at radius 1 is 1.36 bits per heavy atom. The van der Waals surface area contributed by atoms with Gasteiger partial charge in [-0.1, -0.05) is 6.42 Å². The van der Waals surface area contributed by atoms with Crippen molar-refractivity contribution in [3.63, 3.8) is 0 Å². The number of aromatic nitrogens is 1. The van der Waals surface area contributed by atoms with E-state index in [0.29, 0.717) is 0 Å². The topological polar surface area (TPSA) is 50.9 Å². The van der Waals surface area contributed by atoms with Gasteiger partial charge in [0.15, 0.2) is 0 Å². The van der Waals surface area contributed by atoms with Crippen LogP contribution in [0, 0.1) is 6.92 Å². The van der Waals surface area contributed by atoms with Gasteiger partial charge in [-0.25, -0.2) is 4.98 Å². The predicted molar refractivity (Wildman–Crippen MR) is 60.4 cm³/mol. The van der Waals surface area contributed by atoms with E-state index in [1.165, 1.54) is 12.0 Å². The molecule has 1 aromatic rings. The maximum Gasteiger partial charge on any atom is 0.126 e. The van der Waals surface area contributed by atoms with E-state index in [2.05, 4.69) is 23.3 Å². The zero-order valence-corrected chi connectivity index (χ0v) is 8.79.